The first kappa shape index (κ1) is 17.9. The van der Waals surface area contributed by atoms with E-state index in [4.69, 9.17) is 5.11 Å². The fourth-order valence-electron chi connectivity index (χ4n) is 2.49. The predicted octanol–water partition coefficient (Wildman–Crippen LogP) is 2.67. The van der Waals surface area contributed by atoms with Gasteiger partial charge in [0.05, 0.1) is 22.3 Å². The van der Waals surface area contributed by atoms with E-state index >= 15 is 0 Å². The lowest BCUT2D eigenvalue weighted by atomic mass is 10.2. The van der Waals surface area contributed by atoms with Crippen LogP contribution in [-0.2, 0) is 11.8 Å². The highest BCUT2D eigenvalue weighted by Crippen LogP contribution is 2.27. The molecule has 1 aromatic carbocycles. The number of aromatic carboxylic acids is 1. The molecular weight excluding hydrogens is 356 g/mol. The molecule has 8 nitrogen and oxygen atoms in total. The van der Waals surface area contributed by atoms with Gasteiger partial charge in [0.25, 0.3) is 0 Å². The number of rotatable bonds is 6. The van der Waals surface area contributed by atoms with Crippen molar-refractivity contribution in [2.24, 2.45) is 12.1 Å². The topological polar surface area (TPSA) is 107 Å². The Morgan fingerprint density at radius 1 is 1.27 bits per heavy atom. The van der Waals surface area contributed by atoms with Gasteiger partial charge in [-0.2, -0.15) is 5.10 Å². The van der Waals surface area contributed by atoms with Crippen molar-refractivity contribution >= 4 is 40.1 Å². The summed E-state index contributed by atoms with van der Waals surface area (Å²) in [6, 6.07) is 6.75. The first-order valence-corrected chi connectivity index (χ1v) is 8.87. The van der Waals surface area contributed by atoms with Crippen LogP contribution in [0.25, 0.3) is 0 Å². The van der Waals surface area contributed by atoms with E-state index < -0.39 is 5.97 Å². The number of carboxylic acids is 1. The quantitative estimate of drug-likeness (QED) is 0.718. The van der Waals surface area contributed by atoms with Crippen molar-refractivity contribution in [3.8, 4) is 5.75 Å². The molecule has 0 atom stereocenters. The number of nitrogens with one attached hydrogen (secondary N) is 1. The average molecular weight is 374 g/mol. The lowest BCUT2D eigenvalue weighted by Crippen LogP contribution is -2.14. The largest absolute Gasteiger partial charge is 0.508 e. The van der Waals surface area contributed by atoms with Crippen LogP contribution in [-0.4, -0.2) is 37.6 Å². The number of anilines is 2. The number of carboxylic acid groups (broad SMARTS) is 1. The van der Waals surface area contributed by atoms with E-state index in [2.05, 4.69) is 10.4 Å². The van der Waals surface area contributed by atoms with Crippen LogP contribution in [0.4, 0.5) is 11.4 Å². The Hall–Kier alpha value is -2.94. The Morgan fingerprint density at radius 3 is 2.69 bits per heavy atom. The summed E-state index contributed by atoms with van der Waals surface area (Å²) >= 11 is 1.55. The van der Waals surface area contributed by atoms with Gasteiger partial charge in [-0.05, 0) is 24.3 Å². The highest BCUT2D eigenvalue weighted by Gasteiger charge is 2.19. The van der Waals surface area contributed by atoms with Crippen molar-refractivity contribution in [2.75, 3.05) is 16.2 Å². The van der Waals surface area contributed by atoms with Crippen LogP contribution < -0.4 is 10.3 Å². The maximum Gasteiger partial charge on any atom is 0.339 e. The molecule has 0 bridgehead atoms. The molecule has 9 heteroatoms. The summed E-state index contributed by atoms with van der Waals surface area (Å²) in [5, 5.41) is 28.2. The smallest absolute Gasteiger partial charge is 0.339 e. The fraction of sp³-hybridized carbons (Fsp3) is 0.235. The van der Waals surface area contributed by atoms with Gasteiger partial charge in [-0.3, -0.25) is 9.80 Å². The van der Waals surface area contributed by atoms with Crippen molar-refractivity contribution in [3.63, 3.8) is 0 Å². The van der Waals surface area contributed by atoms with Crippen molar-refractivity contribution in [1.29, 1.82) is 0 Å². The van der Waals surface area contributed by atoms with Gasteiger partial charge in [0.15, 0.2) is 0 Å². The minimum absolute atomic E-state index is 0.0620. The maximum absolute atomic E-state index is 12.1. The Kier molecular flexibility index (Phi) is 5.17. The van der Waals surface area contributed by atoms with Gasteiger partial charge in [-0.15, -0.1) is 0 Å². The minimum Gasteiger partial charge on any atom is -0.508 e. The average Bonchev–Trinajstić information content (AvgIpc) is 3.20. The first-order chi connectivity index (χ1) is 12.4. The molecule has 0 spiro atoms. The number of phenols is 1. The number of hydrogen-bond acceptors (Lipinski definition) is 6. The lowest BCUT2D eigenvalue weighted by molar-refractivity contribution is -0.116. The third kappa shape index (κ3) is 4.17. The van der Waals surface area contributed by atoms with E-state index in [-0.39, 0.29) is 29.3 Å². The Balaban J connectivity index is 1.56. The number of carbonyl (C=O) groups is 2. The van der Waals surface area contributed by atoms with E-state index in [0.717, 1.165) is 10.7 Å². The summed E-state index contributed by atoms with van der Waals surface area (Å²) in [7, 11) is 1.70. The van der Waals surface area contributed by atoms with Gasteiger partial charge in [0, 0.05) is 32.3 Å². The molecule has 0 aliphatic carbocycles. The summed E-state index contributed by atoms with van der Waals surface area (Å²) in [4.78, 5) is 23.3. The molecule has 1 aliphatic heterocycles. The normalized spacial score (nSPS) is 13.6. The molecule has 0 radical (unpaired) electrons. The third-order valence-corrected chi connectivity index (χ3v) is 4.75. The summed E-state index contributed by atoms with van der Waals surface area (Å²) in [5.74, 6) is -0.502. The monoisotopic (exact) mass is 374 g/mol. The number of aromatic hydroxyl groups is 1. The number of aryl methyl sites for hydroxylation is 1. The lowest BCUT2D eigenvalue weighted by Gasteiger charge is -2.12. The maximum atomic E-state index is 12.1. The van der Waals surface area contributed by atoms with Crippen LogP contribution in [0.15, 0.2) is 41.8 Å². The molecule has 3 N–H and O–H groups in total. The number of aromatic nitrogens is 1. The molecule has 1 aliphatic rings. The third-order valence-electron chi connectivity index (χ3n) is 3.76. The minimum atomic E-state index is -1.08. The number of amides is 1. The zero-order chi connectivity index (χ0) is 18.7. The summed E-state index contributed by atoms with van der Waals surface area (Å²) in [6.45, 7) is 0. The zero-order valence-electron chi connectivity index (χ0n) is 14.0. The Bertz CT molecular complexity index is 860. The zero-order valence-corrected chi connectivity index (χ0v) is 14.9. The highest BCUT2D eigenvalue weighted by molar-refractivity contribution is 8.14. The van der Waals surface area contributed by atoms with Crippen molar-refractivity contribution < 1.29 is 19.8 Å². The first-order valence-electron chi connectivity index (χ1n) is 7.88. The molecule has 0 saturated carbocycles. The molecule has 1 amide bonds. The molecule has 2 heterocycles. The Morgan fingerprint density at radius 2 is 2.00 bits per heavy atom. The molecule has 0 unspecified atom stereocenters. The van der Waals surface area contributed by atoms with Crippen molar-refractivity contribution in [1.82, 2.24) is 4.57 Å². The number of nitrogens with zero attached hydrogens (tertiary/aromatic N) is 3. The summed E-state index contributed by atoms with van der Waals surface area (Å²) in [6.07, 6.45) is 3.70. The highest BCUT2D eigenvalue weighted by atomic mass is 32.2. The number of benzene rings is 1. The van der Waals surface area contributed by atoms with Crippen molar-refractivity contribution in [3.05, 3.63) is 42.2 Å². The SMILES string of the molecule is Cn1cc(NC(=O)CCC2=NN(c3ccc(O)cc3)CS2)c(C(=O)O)c1. The molecule has 0 saturated heterocycles. The van der Waals surface area contributed by atoms with Gasteiger partial charge in [0.1, 0.15) is 11.3 Å². The second kappa shape index (κ2) is 7.52. The second-order valence-electron chi connectivity index (χ2n) is 5.79. The standard InChI is InChI=1S/C17H18N4O4S/c1-20-8-13(17(24)25)14(9-20)18-15(23)6-7-16-19-21(10-26-16)11-2-4-12(22)5-3-11/h2-5,8-9,22H,6-7,10H2,1H3,(H,18,23)(H,24,25). The molecule has 2 aromatic rings. The van der Waals surface area contributed by atoms with E-state index in [0.29, 0.717) is 12.3 Å². The van der Waals surface area contributed by atoms with Crippen molar-refractivity contribution in [2.45, 2.75) is 12.8 Å². The molecule has 3 rings (SSSR count). The van der Waals surface area contributed by atoms with Gasteiger partial charge >= 0.3 is 5.97 Å². The fourth-order valence-corrected chi connectivity index (χ4v) is 3.37. The molecule has 1 aromatic heterocycles. The van der Waals surface area contributed by atoms with E-state index in [9.17, 15) is 14.7 Å². The Labute approximate surface area is 154 Å². The van der Waals surface area contributed by atoms with Crippen LogP contribution in [0.2, 0.25) is 0 Å². The molecule has 26 heavy (non-hydrogen) atoms. The number of carbonyl (C=O) groups excluding carboxylic acids is 1. The van der Waals surface area contributed by atoms with Gasteiger partial charge in [-0.25, -0.2) is 4.79 Å². The molecular formula is C17H18N4O4S. The second-order valence-corrected chi connectivity index (χ2v) is 6.81. The van der Waals surface area contributed by atoms with E-state index in [1.165, 1.54) is 6.20 Å². The number of hydrogen-bond donors (Lipinski definition) is 3. The predicted molar refractivity (Wildman–Crippen MR) is 101 cm³/mol. The van der Waals surface area contributed by atoms with Gasteiger partial charge in [-0.1, -0.05) is 11.8 Å². The summed E-state index contributed by atoms with van der Waals surface area (Å²) < 4.78 is 1.59. The van der Waals surface area contributed by atoms with Gasteiger partial charge in [0.2, 0.25) is 5.91 Å². The number of phenolic OH excluding ortho intramolecular Hbond substituents is 1. The summed E-state index contributed by atoms with van der Waals surface area (Å²) in [5.41, 5.74) is 1.22. The van der Waals surface area contributed by atoms with E-state index in [1.807, 2.05) is 0 Å². The van der Waals surface area contributed by atoms with Crippen LogP contribution in [0, 0.1) is 0 Å². The number of thioether (sulfide) groups is 1. The van der Waals surface area contributed by atoms with Crippen LogP contribution in [0.5, 0.6) is 5.75 Å². The van der Waals surface area contributed by atoms with Crippen LogP contribution in [0.3, 0.4) is 0 Å². The number of hydrazone groups is 1. The van der Waals surface area contributed by atoms with Gasteiger partial charge < -0.3 is 20.1 Å². The molecule has 136 valence electrons. The van der Waals surface area contributed by atoms with Crippen LogP contribution >= 0.6 is 11.8 Å². The molecule has 0 fully saturated rings. The van der Waals surface area contributed by atoms with Crippen LogP contribution in [0.1, 0.15) is 23.2 Å². The van der Waals surface area contributed by atoms with E-state index in [1.54, 1.807) is 58.8 Å².